The standard InChI is InChI=1S/C26H28F2N6O2/c1-15(2)30-23-16(3)13-21(24(17(23)14-29)33-11-4-5-12-33)31-26(36)20-9-10-22(35)34(32-20)25-18(27)7-6-8-19(25)28/h6-10,13-15,29-30H,4-5,11-12H2,1-3H3,(H,31,36). The molecule has 2 heterocycles. The van der Waals surface area contributed by atoms with Crippen LogP contribution in [0, 0.1) is 24.0 Å². The summed E-state index contributed by atoms with van der Waals surface area (Å²) in [5.74, 6) is -2.60. The Morgan fingerprint density at radius 2 is 1.78 bits per heavy atom. The lowest BCUT2D eigenvalue weighted by Crippen LogP contribution is -2.27. The Kier molecular flexibility index (Phi) is 7.14. The molecule has 36 heavy (non-hydrogen) atoms. The largest absolute Gasteiger partial charge is 0.382 e. The summed E-state index contributed by atoms with van der Waals surface area (Å²) in [5.41, 5.74) is 1.91. The van der Waals surface area contributed by atoms with E-state index in [1.54, 1.807) is 0 Å². The van der Waals surface area contributed by atoms with Crippen LogP contribution in [0.25, 0.3) is 5.69 Å². The lowest BCUT2D eigenvalue weighted by atomic mass is 10.0. The minimum Gasteiger partial charge on any atom is -0.382 e. The monoisotopic (exact) mass is 494 g/mol. The van der Waals surface area contributed by atoms with Gasteiger partial charge in [-0.3, -0.25) is 9.59 Å². The van der Waals surface area contributed by atoms with Crippen molar-refractivity contribution in [3.63, 3.8) is 0 Å². The first-order chi connectivity index (χ1) is 17.2. The highest BCUT2D eigenvalue weighted by Crippen LogP contribution is 2.39. The van der Waals surface area contributed by atoms with E-state index in [0.717, 1.165) is 61.1 Å². The number of halogens is 2. The van der Waals surface area contributed by atoms with Crippen molar-refractivity contribution < 1.29 is 13.6 Å². The first kappa shape index (κ1) is 25.0. The zero-order valence-electron chi connectivity index (χ0n) is 20.4. The summed E-state index contributed by atoms with van der Waals surface area (Å²) in [7, 11) is 0. The Labute approximate surface area is 207 Å². The number of benzene rings is 2. The van der Waals surface area contributed by atoms with Crippen molar-refractivity contribution in [2.24, 2.45) is 0 Å². The molecular formula is C26H28F2N6O2. The van der Waals surface area contributed by atoms with Crippen LogP contribution in [0.2, 0.25) is 0 Å². The molecule has 0 aliphatic carbocycles. The lowest BCUT2D eigenvalue weighted by molar-refractivity contribution is 0.102. The van der Waals surface area contributed by atoms with Gasteiger partial charge in [-0.15, -0.1) is 0 Å². The highest BCUT2D eigenvalue weighted by atomic mass is 19.1. The molecule has 0 unspecified atom stereocenters. The van der Waals surface area contributed by atoms with Crippen molar-refractivity contribution in [3.8, 4) is 5.69 Å². The van der Waals surface area contributed by atoms with Crippen LogP contribution in [0.4, 0.5) is 25.8 Å². The van der Waals surface area contributed by atoms with Crippen molar-refractivity contribution >= 4 is 29.2 Å². The van der Waals surface area contributed by atoms with Crippen molar-refractivity contribution in [1.82, 2.24) is 9.78 Å². The number of anilines is 3. The second-order valence-electron chi connectivity index (χ2n) is 9.01. The van der Waals surface area contributed by atoms with Crippen molar-refractivity contribution in [1.29, 1.82) is 5.41 Å². The van der Waals surface area contributed by atoms with Gasteiger partial charge in [-0.1, -0.05) is 6.07 Å². The van der Waals surface area contributed by atoms with Crippen LogP contribution in [0.1, 0.15) is 48.3 Å². The Morgan fingerprint density at radius 1 is 1.11 bits per heavy atom. The predicted molar refractivity (Wildman–Crippen MR) is 137 cm³/mol. The van der Waals surface area contributed by atoms with Gasteiger partial charge in [0.1, 0.15) is 11.4 Å². The number of amides is 1. The van der Waals surface area contributed by atoms with Gasteiger partial charge >= 0.3 is 0 Å². The summed E-state index contributed by atoms with van der Waals surface area (Å²) in [6.45, 7) is 7.47. The summed E-state index contributed by atoms with van der Waals surface area (Å²) in [5, 5.41) is 18.3. The normalized spacial score (nSPS) is 13.2. The third-order valence-corrected chi connectivity index (χ3v) is 5.96. The molecule has 0 radical (unpaired) electrons. The van der Waals surface area contributed by atoms with Crippen LogP contribution in [0.3, 0.4) is 0 Å². The van der Waals surface area contributed by atoms with Gasteiger partial charge in [0.15, 0.2) is 11.6 Å². The average Bonchev–Trinajstić information content (AvgIpc) is 3.35. The van der Waals surface area contributed by atoms with E-state index in [2.05, 4.69) is 20.6 Å². The molecule has 1 fully saturated rings. The summed E-state index contributed by atoms with van der Waals surface area (Å²) >= 11 is 0. The summed E-state index contributed by atoms with van der Waals surface area (Å²) in [4.78, 5) is 27.7. The molecule has 1 aromatic heterocycles. The number of hydrogen-bond acceptors (Lipinski definition) is 6. The van der Waals surface area contributed by atoms with Gasteiger partial charge in [-0.05, 0) is 63.4 Å². The average molecular weight is 495 g/mol. The molecular weight excluding hydrogens is 466 g/mol. The molecule has 188 valence electrons. The Morgan fingerprint density at radius 3 is 2.39 bits per heavy atom. The van der Waals surface area contributed by atoms with Crippen LogP contribution in [0.15, 0.2) is 41.2 Å². The Hall–Kier alpha value is -4.08. The maximum absolute atomic E-state index is 14.3. The minimum absolute atomic E-state index is 0.137. The predicted octanol–water partition coefficient (Wildman–Crippen LogP) is 4.49. The number of hydrogen-bond donors (Lipinski definition) is 3. The van der Waals surface area contributed by atoms with E-state index < -0.39 is 28.8 Å². The number of aryl methyl sites for hydroxylation is 1. The fourth-order valence-electron chi connectivity index (χ4n) is 4.40. The van der Waals surface area contributed by atoms with Crippen LogP contribution >= 0.6 is 0 Å². The Bertz CT molecular complexity index is 1360. The van der Waals surface area contributed by atoms with E-state index in [-0.39, 0.29) is 11.7 Å². The number of rotatable bonds is 7. The second-order valence-corrected chi connectivity index (χ2v) is 9.01. The topological polar surface area (TPSA) is 103 Å². The summed E-state index contributed by atoms with van der Waals surface area (Å²) in [6.07, 6.45) is 3.26. The molecule has 0 bridgehead atoms. The van der Waals surface area contributed by atoms with E-state index in [1.807, 2.05) is 26.8 Å². The van der Waals surface area contributed by atoms with Gasteiger partial charge < -0.3 is 20.9 Å². The quantitative estimate of drug-likeness (QED) is 0.420. The fourth-order valence-corrected chi connectivity index (χ4v) is 4.40. The van der Waals surface area contributed by atoms with E-state index in [9.17, 15) is 18.4 Å². The van der Waals surface area contributed by atoms with E-state index in [4.69, 9.17) is 5.41 Å². The minimum atomic E-state index is -0.974. The van der Waals surface area contributed by atoms with Crippen LogP contribution < -0.4 is 21.1 Å². The van der Waals surface area contributed by atoms with E-state index >= 15 is 0 Å². The van der Waals surface area contributed by atoms with E-state index in [1.165, 1.54) is 18.3 Å². The number of carbonyl (C=O) groups is 1. The van der Waals surface area contributed by atoms with Crippen molar-refractivity contribution in [2.45, 2.75) is 39.7 Å². The second kappa shape index (κ2) is 10.3. The Balaban J connectivity index is 1.78. The third-order valence-electron chi connectivity index (χ3n) is 5.96. The fraction of sp³-hybridized carbons (Fsp3) is 0.308. The van der Waals surface area contributed by atoms with Crippen LogP contribution in [-0.2, 0) is 0 Å². The number of aromatic nitrogens is 2. The zero-order chi connectivity index (χ0) is 26.0. The van der Waals surface area contributed by atoms with Gasteiger partial charge in [0.05, 0.1) is 11.4 Å². The highest BCUT2D eigenvalue weighted by molar-refractivity contribution is 6.08. The third kappa shape index (κ3) is 4.84. The van der Waals surface area contributed by atoms with Gasteiger partial charge in [-0.2, -0.15) is 9.78 Å². The van der Waals surface area contributed by atoms with Crippen molar-refractivity contribution in [3.05, 3.63) is 75.2 Å². The first-order valence-electron chi connectivity index (χ1n) is 11.8. The lowest BCUT2D eigenvalue weighted by Gasteiger charge is -2.27. The van der Waals surface area contributed by atoms with Gasteiger partial charge in [0, 0.05) is 42.7 Å². The molecule has 1 aliphatic rings. The molecule has 0 saturated carbocycles. The maximum Gasteiger partial charge on any atom is 0.276 e. The molecule has 0 atom stereocenters. The number of carbonyl (C=O) groups excluding carboxylic acids is 1. The number of para-hydroxylation sites is 1. The molecule has 3 aromatic rings. The molecule has 1 saturated heterocycles. The molecule has 2 aromatic carbocycles. The molecule has 1 aliphatic heterocycles. The summed E-state index contributed by atoms with van der Waals surface area (Å²) < 4.78 is 29.2. The molecule has 1 amide bonds. The maximum atomic E-state index is 14.3. The number of nitrogens with one attached hydrogen (secondary N) is 3. The molecule has 8 nitrogen and oxygen atoms in total. The van der Waals surface area contributed by atoms with E-state index in [0.29, 0.717) is 15.9 Å². The highest BCUT2D eigenvalue weighted by Gasteiger charge is 2.25. The molecule has 0 spiro atoms. The van der Waals surface area contributed by atoms with Crippen LogP contribution in [0.5, 0.6) is 0 Å². The number of nitrogens with zero attached hydrogens (tertiary/aromatic N) is 3. The SMILES string of the molecule is Cc1cc(NC(=O)c2ccc(=O)n(-c3c(F)cccc3F)n2)c(N2CCCC2)c(C=N)c1NC(C)C. The van der Waals surface area contributed by atoms with Crippen molar-refractivity contribution in [2.75, 3.05) is 28.6 Å². The molecule has 10 heteroatoms. The van der Waals surface area contributed by atoms with Crippen LogP contribution in [-0.4, -0.2) is 41.0 Å². The zero-order valence-corrected chi connectivity index (χ0v) is 20.4. The van der Waals surface area contributed by atoms with Gasteiger partial charge in [0.2, 0.25) is 0 Å². The first-order valence-corrected chi connectivity index (χ1v) is 11.8. The summed E-state index contributed by atoms with van der Waals surface area (Å²) in [6, 6.07) is 7.41. The molecule has 4 rings (SSSR count). The van der Waals surface area contributed by atoms with Gasteiger partial charge in [-0.25, -0.2) is 8.78 Å². The molecule has 3 N–H and O–H groups in total. The smallest absolute Gasteiger partial charge is 0.276 e. The van der Waals surface area contributed by atoms with Gasteiger partial charge in [0.25, 0.3) is 11.5 Å².